The summed E-state index contributed by atoms with van der Waals surface area (Å²) >= 11 is 0. The number of H-pyrrole nitrogens is 1. The number of hydrogen-bond donors (Lipinski definition) is 4. The number of aryl methyl sites for hydroxylation is 2. The van der Waals surface area contributed by atoms with E-state index >= 15 is 0 Å². The van der Waals surface area contributed by atoms with Crippen molar-refractivity contribution in [2.45, 2.75) is 31.9 Å². The molecular weight excluding hydrogens is 406 g/mol. The molecule has 3 rings (SSSR count). The summed E-state index contributed by atoms with van der Waals surface area (Å²) in [5.41, 5.74) is 1.68. The first-order valence-corrected chi connectivity index (χ1v) is 9.65. The van der Waals surface area contributed by atoms with Crippen LogP contribution in [0.4, 0.5) is 14.6 Å². The van der Waals surface area contributed by atoms with Crippen LogP contribution in [0.15, 0.2) is 54.6 Å². The van der Waals surface area contributed by atoms with E-state index in [4.69, 9.17) is 0 Å². The lowest BCUT2D eigenvalue weighted by Crippen LogP contribution is -2.43. The highest BCUT2D eigenvalue weighted by Gasteiger charge is 2.23. The molecule has 0 bridgehead atoms. The molecule has 0 aliphatic rings. The van der Waals surface area contributed by atoms with E-state index in [-0.39, 0.29) is 5.56 Å². The molecule has 0 radical (unpaired) electrons. The van der Waals surface area contributed by atoms with Crippen molar-refractivity contribution in [2.75, 3.05) is 5.32 Å². The molecule has 1 heterocycles. The van der Waals surface area contributed by atoms with Gasteiger partial charge in [0.05, 0.1) is 5.69 Å². The van der Waals surface area contributed by atoms with Crippen molar-refractivity contribution in [2.24, 2.45) is 0 Å². The molecule has 2 atom stereocenters. The Labute approximate surface area is 177 Å². The summed E-state index contributed by atoms with van der Waals surface area (Å²) in [4.78, 5) is 24.5. The van der Waals surface area contributed by atoms with Gasteiger partial charge in [-0.05, 0) is 43.0 Å². The Morgan fingerprint density at radius 2 is 1.71 bits per heavy atom. The zero-order chi connectivity index (χ0) is 22.4. The van der Waals surface area contributed by atoms with Gasteiger partial charge in [0.25, 0.3) is 5.91 Å². The number of aliphatic hydroxyl groups is 1. The van der Waals surface area contributed by atoms with E-state index in [1.165, 1.54) is 12.5 Å². The van der Waals surface area contributed by atoms with Gasteiger partial charge in [0.2, 0.25) is 5.91 Å². The van der Waals surface area contributed by atoms with E-state index in [0.717, 1.165) is 24.2 Å². The summed E-state index contributed by atoms with van der Waals surface area (Å²) in [6.45, 7) is 1.42. The third-order valence-corrected chi connectivity index (χ3v) is 4.60. The molecule has 2 amide bonds. The summed E-state index contributed by atoms with van der Waals surface area (Å²) in [5, 5.41) is 21.8. The second kappa shape index (κ2) is 9.94. The standard InChI is InChI=1S/C22H22F2N4O3/c1-13(25-22(31)20(29)15-9-16(23)11-17(24)10-15)21(30)26-19-12-18(27-28-19)8-7-14-5-3-2-4-6-14/h2-6,9-13,20,29H,7-8H2,1H3,(H,25,31)(H2,26,27,28,30). The third kappa shape index (κ3) is 6.19. The fourth-order valence-corrected chi connectivity index (χ4v) is 2.96. The van der Waals surface area contributed by atoms with Crippen LogP contribution in [0, 0.1) is 11.6 Å². The third-order valence-electron chi connectivity index (χ3n) is 4.60. The Bertz CT molecular complexity index is 1040. The molecule has 9 heteroatoms. The topological polar surface area (TPSA) is 107 Å². The van der Waals surface area contributed by atoms with E-state index in [2.05, 4.69) is 20.8 Å². The number of carbonyl (C=O) groups is 2. The molecule has 2 unspecified atom stereocenters. The molecule has 7 nitrogen and oxygen atoms in total. The highest BCUT2D eigenvalue weighted by Crippen LogP contribution is 2.17. The van der Waals surface area contributed by atoms with Gasteiger partial charge in [-0.3, -0.25) is 14.7 Å². The number of halogens is 2. The number of aliphatic hydroxyl groups excluding tert-OH is 1. The molecule has 0 saturated heterocycles. The Kier molecular flexibility index (Phi) is 7.09. The first-order valence-electron chi connectivity index (χ1n) is 9.65. The van der Waals surface area contributed by atoms with Gasteiger partial charge in [0, 0.05) is 12.1 Å². The van der Waals surface area contributed by atoms with Gasteiger partial charge in [-0.2, -0.15) is 5.10 Å². The Balaban J connectivity index is 1.52. The van der Waals surface area contributed by atoms with Crippen LogP contribution < -0.4 is 10.6 Å². The van der Waals surface area contributed by atoms with Gasteiger partial charge >= 0.3 is 0 Å². The number of amides is 2. The molecule has 4 N–H and O–H groups in total. The molecule has 3 aromatic rings. The van der Waals surface area contributed by atoms with Gasteiger partial charge in [-0.15, -0.1) is 0 Å². The van der Waals surface area contributed by atoms with Crippen molar-refractivity contribution in [1.29, 1.82) is 0 Å². The van der Waals surface area contributed by atoms with Crippen LogP contribution in [-0.2, 0) is 22.4 Å². The number of benzene rings is 2. The molecule has 0 aliphatic carbocycles. The minimum Gasteiger partial charge on any atom is -0.378 e. The highest BCUT2D eigenvalue weighted by atomic mass is 19.1. The van der Waals surface area contributed by atoms with Crippen LogP contribution in [0.3, 0.4) is 0 Å². The van der Waals surface area contributed by atoms with E-state index in [9.17, 15) is 23.5 Å². The molecule has 0 fully saturated rings. The van der Waals surface area contributed by atoms with Gasteiger partial charge in [0.15, 0.2) is 6.10 Å². The summed E-state index contributed by atoms with van der Waals surface area (Å²) < 4.78 is 26.6. The molecule has 0 spiro atoms. The summed E-state index contributed by atoms with van der Waals surface area (Å²) in [5.74, 6) is -2.99. The smallest absolute Gasteiger partial charge is 0.254 e. The quantitative estimate of drug-likeness (QED) is 0.442. The minimum absolute atomic E-state index is 0.251. The molecule has 2 aromatic carbocycles. The molecule has 1 aromatic heterocycles. The second-order valence-corrected chi connectivity index (χ2v) is 7.08. The number of hydrogen-bond acceptors (Lipinski definition) is 4. The second-order valence-electron chi connectivity index (χ2n) is 7.08. The van der Waals surface area contributed by atoms with Gasteiger partial charge in [0.1, 0.15) is 23.5 Å². The lowest BCUT2D eigenvalue weighted by Gasteiger charge is -2.16. The average molecular weight is 428 g/mol. The van der Waals surface area contributed by atoms with Gasteiger partial charge in [-0.1, -0.05) is 30.3 Å². The van der Waals surface area contributed by atoms with Crippen molar-refractivity contribution < 1.29 is 23.5 Å². The Morgan fingerprint density at radius 3 is 2.39 bits per heavy atom. The Hall–Kier alpha value is -3.59. The molecule has 0 aliphatic heterocycles. The summed E-state index contributed by atoms with van der Waals surface area (Å²) in [7, 11) is 0. The maximum Gasteiger partial charge on any atom is 0.254 e. The monoisotopic (exact) mass is 428 g/mol. The summed E-state index contributed by atoms with van der Waals surface area (Å²) in [6.07, 6.45) is -0.347. The van der Waals surface area contributed by atoms with Crippen LogP contribution in [0.1, 0.15) is 29.8 Å². The SMILES string of the molecule is CC(NC(=O)C(O)c1cc(F)cc(F)c1)C(=O)Nc1cc(CCc2ccccc2)n[nH]1. The fourth-order valence-electron chi connectivity index (χ4n) is 2.96. The van der Waals surface area contributed by atoms with Crippen molar-refractivity contribution in [1.82, 2.24) is 15.5 Å². The first kappa shape index (κ1) is 22.1. The van der Waals surface area contributed by atoms with E-state index in [0.29, 0.717) is 18.3 Å². The zero-order valence-electron chi connectivity index (χ0n) is 16.7. The van der Waals surface area contributed by atoms with Crippen LogP contribution in [0.25, 0.3) is 0 Å². The number of aromatic amines is 1. The van der Waals surface area contributed by atoms with Crippen molar-refractivity contribution in [3.63, 3.8) is 0 Å². The lowest BCUT2D eigenvalue weighted by molar-refractivity contribution is -0.132. The average Bonchev–Trinajstić information content (AvgIpc) is 3.19. The fraction of sp³-hybridized carbons (Fsp3) is 0.227. The van der Waals surface area contributed by atoms with Crippen molar-refractivity contribution >= 4 is 17.6 Å². The van der Waals surface area contributed by atoms with Crippen molar-refractivity contribution in [3.05, 3.63) is 83.1 Å². The number of carbonyl (C=O) groups excluding carboxylic acids is 2. The van der Waals surface area contributed by atoms with Gasteiger partial charge in [-0.25, -0.2) is 8.78 Å². The lowest BCUT2D eigenvalue weighted by atomic mass is 10.1. The minimum atomic E-state index is -1.82. The maximum atomic E-state index is 13.3. The molecular formula is C22H22F2N4O3. The Morgan fingerprint density at radius 1 is 1.03 bits per heavy atom. The first-order chi connectivity index (χ1) is 14.8. The van der Waals surface area contributed by atoms with Crippen molar-refractivity contribution in [3.8, 4) is 0 Å². The van der Waals surface area contributed by atoms with E-state index < -0.39 is 35.6 Å². The van der Waals surface area contributed by atoms with Crippen LogP contribution in [0.2, 0.25) is 0 Å². The zero-order valence-corrected chi connectivity index (χ0v) is 16.7. The molecule has 0 saturated carbocycles. The van der Waals surface area contributed by atoms with Crippen LogP contribution in [-0.4, -0.2) is 33.2 Å². The normalized spacial score (nSPS) is 12.8. The van der Waals surface area contributed by atoms with Gasteiger partial charge < -0.3 is 15.7 Å². The molecule has 31 heavy (non-hydrogen) atoms. The predicted octanol–water partition coefficient (Wildman–Crippen LogP) is 2.65. The number of aromatic nitrogens is 2. The number of nitrogens with one attached hydrogen (secondary N) is 3. The van der Waals surface area contributed by atoms with Crippen LogP contribution in [0.5, 0.6) is 0 Å². The largest absolute Gasteiger partial charge is 0.378 e. The number of rotatable bonds is 8. The predicted molar refractivity (Wildman–Crippen MR) is 110 cm³/mol. The number of anilines is 1. The van der Waals surface area contributed by atoms with E-state index in [1.807, 2.05) is 30.3 Å². The molecule has 162 valence electrons. The number of nitrogens with zero attached hydrogens (tertiary/aromatic N) is 1. The summed E-state index contributed by atoms with van der Waals surface area (Å²) in [6, 6.07) is 12.9. The van der Waals surface area contributed by atoms with Crippen LogP contribution >= 0.6 is 0 Å². The van der Waals surface area contributed by atoms with E-state index in [1.54, 1.807) is 6.07 Å². The maximum absolute atomic E-state index is 13.3. The highest BCUT2D eigenvalue weighted by molar-refractivity contribution is 5.96.